The maximum absolute atomic E-state index is 3.67. The highest BCUT2D eigenvalue weighted by Gasteiger charge is 2.05. The molecule has 39 heavy (non-hydrogen) atoms. The summed E-state index contributed by atoms with van der Waals surface area (Å²) < 4.78 is 0. The monoisotopic (exact) mass is 553 g/mol. The molecule has 0 spiro atoms. The van der Waals surface area contributed by atoms with Crippen molar-refractivity contribution in [2.24, 2.45) is 0 Å². The van der Waals surface area contributed by atoms with Crippen LogP contribution >= 0.6 is 23.5 Å². The van der Waals surface area contributed by atoms with Gasteiger partial charge in [0.2, 0.25) is 0 Å². The first-order valence-electron chi connectivity index (χ1n) is 13.5. The van der Waals surface area contributed by atoms with E-state index in [-0.39, 0.29) is 0 Å². The maximum atomic E-state index is 3.67. The molecule has 4 rings (SSSR count). The summed E-state index contributed by atoms with van der Waals surface area (Å²) >= 11 is 3.87. The molecule has 0 atom stereocenters. The van der Waals surface area contributed by atoms with Gasteiger partial charge in [0.15, 0.2) is 0 Å². The van der Waals surface area contributed by atoms with Crippen LogP contribution in [-0.4, -0.2) is 39.5 Å². The molecular formula is C34H39N3S2. The van der Waals surface area contributed by atoms with E-state index in [2.05, 4.69) is 145 Å². The van der Waals surface area contributed by atoms with Gasteiger partial charge in [-0.2, -0.15) is 11.8 Å². The van der Waals surface area contributed by atoms with Crippen molar-refractivity contribution in [2.75, 3.05) is 49.7 Å². The molecule has 0 bridgehead atoms. The van der Waals surface area contributed by atoms with Crippen molar-refractivity contribution < 1.29 is 0 Å². The van der Waals surface area contributed by atoms with Crippen LogP contribution in [0.3, 0.4) is 0 Å². The summed E-state index contributed by atoms with van der Waals surface area (Å²) in [7, 11) is 4.13. The first-order chi connectivity index (χ1) is 19.2. The van der Waals surface area contributed by atoms with E-state index in [9.17, 15) is 0 Å². The van der Waals surface area contributed by atoms with E-state index in [1.54, 1.807) is 0 Å². The number of nitrogens with one attached hydrogen (secondary N) is 2. The normalized spacial score (nSPS) is 11.1. The number of hydrogen-bond acceptors (Lipinski definition) is 5. The highest BCUT2D eigenvalue weighted by molar-refractivity contribution is 7.98. The minimum absolute atomic E-state index is 0.898. The fourth-order valence-corrected chi connectivity index (χ4v) is 5.93. The summed E-state index contributed by atoms with van der Waals surface area (Å²) in [5.41, 5.74) is 7.55. The van der Waals surface area contributed by atoms with Gasteiger partial charge in [0.05, 0.1) is 0 Å². The molecule has 4 aromatic carbocycles. The van der Waals surface area contributed by atoms with Crippen LogP contribution in [0.2, 0.25) is 0 Å². The number of nitrogens with zero attached hydrogens (tertiary/aromatic N) is 1. The molecule has 4 aromatic rings. The molecule has 0 heterocycles. The number of hydrogen-bond donors (Lipinski definition) is 2. The summed E-state index contributed by atoms with van der Waals surface area (Å²) in [5.74, 6) is 3.14. The molecule has 0 aliphatic rings. The lowest BCUT2D eigenvalue weighted by Gasteiger charge is -2.14. The van der Waals surface area contributed by atoms with Crippen LogP contribution in [0.15, 0.2) is 108 Å². The minimum Gasteiger partial charge on any atom is -0.383 e. The van der Waals surface area contributed by atoms with Gasteiger partial charge < -0.3 is 15.5 Å². The predicted molar refractivity (Wildman–Crippen MR) is 176 cm³/mol. The number of benzene rings is 4. The first kappa shape index (κ1) is 28.9. The molecule has 0 aliphatic carbocycles. The Morgan fingerprint density at radius 3 is 2.00 bits per heavy atom. The molecule has 3 nitrogen and oxygen atoms in total. The number of thioether (sulfide) groups is 2. The lowest BCUT2D eigenvalue weighted by molar-refractivity contribution is 0.743. The second kappa shape index (κ2) is 16.1. The van der Waals surface area contributed by atoms with E-state index < -0.39 is 0 Å². The summed E-state index contributed by atoms with van der Waals surface area (Å²) in [6.07, 6.45) is 4.39. The summed E-state index contributed by atoms with van der Waals surface area (Å²) in [5, 5.41) is 7.24. The molecule has 0 aromatic heterocycles. The van der Waals surface area contributed by atoms with Crippen LogP contribution in [0.4, 0.5) is 11.4 Å². The van der Waals surface area contributed by atoms with E-state index in [1.807, 2.05) is 23.5 Å². The third kappa shape index (κ3) is 10.2. The van der Waals surface area contributed by atoms with E-state index in [0.29, 0.717) is 0 Å². The Kier molecular flexibility index (Phi) is 11.9. The second-order valence-corrected chi connectivity index (χ2v) is 11.7. The largest absolute Gasteiger partial charge is 0.383 e. The van der Waals surface area contributed by atoms with Gasteiger partial charge in [0.1, 0.15) is 0 Å². The Hall–Kier alpha value is -3.12. The first-order valence-corrected chi connectivity index (χ1v) is 15.6. The van der Waals surface area contributed by atoms with Crippen molar-refractivity contribution in [1.29, 1.82) is 0 Å². The number of anilines is 2. The van der Waals surface area contributed by atoms with Gasteiger partial charge in [0, 0.05) is 67.3 Å². The average molecular weight is 554 g/mol. The Morgan fingerprint density at radius 2 is 1.31 bits per heavy atom. The molecule has 2 N–H and O–H groups in total. The molecule has 0 radical (unpaired) electrons. The van der Waals surface area contributed by atoms with Gasteiger partial charge in [-0.15, -0.1) is 11.8 Å². The van der Waals surface area contributed by atoms with Crippen molar-refractivity contribution >= 4 is 47.1 Å². The second-order valence-electron chi connectivity index (χ2n) is 9.56. The predicted octanol–water partition coefficient (Wildman–Crippen LogP) is 8.15. The van der Waals surface area contributed by atoms with E-state index in [4.69, 9.17) is 0 Å². The molecule has 0 aliphatic heterocycles. The van der Waals surface area contributed by atoms with Crippen LogP contribution in [0.25, 0.3) is 12.2 Å². The fourth-order valence-electron chi connectivity index (χ4n) is 4.04. The van der Waals surface area contributed by atoms with Gasteiger partial charge >= 0.3 is 0 Å². The zero-order valence-electron chi connectivity index (χ0n) is 23.0. The van der Waals surface area contributed by atoms with Gasteiger partial charge in [-0.1, -0.05) is 91.0 Å². The fraction of sp³-hybridized carbons (Fsp3) is 0.235. The quantitative estimate of drug-likeness (QED) is 0.0880. The number of rotatable bonds is 15. The van der Waals surface area contributed by atoms with Crippen molar-refractivity contribution in [3.8, 4) is 0 Å². The third-order valence-corrected chi connectivity index (χ3v) is 8.43. The highest BCUT2D eigenvalue weighted by atomic mass is 32.2. The summed E-state index contributed by atoms with van der Waals surface area (Å²) in [6.45, 7) is 2.86. The van der Waals surface area contributed by atoms with Crippen molar-refractivity contribution in [3.05, 3.63) is 125 Å². The van der Waals surface area contributed by atoms with E-state index in [1.165, 1.54) is 38.5 Å². The highest BCUT2D eigenvalue weighted by Crippen LogP contribution is 2.31. The van der Waals surface area contributed by atoms with E-state index >= 15 is 0 Å². The van der Waals surface area contributed by atoms with Crippen LogP contribution in [0.1, 0.15) is 22.3 Å². The Balaban J connectivity index is 1.30. The van der Waals surface area contributed by atoms with Crippen LogP contribution in [-0.2, 0) is 11.5 Å². The standard InChI is InChI=1S/C34H39N3S2/c1-37(2)32-18-15-28(16-19-32)13-14-29-17-20-33(34(25-29)39-27-31-11-7-4-8-12-31)36-22-21-35-23-24-38-26-30-9-5-3-6-10-30/h3-20,25,35-36H,21-24,26-27H2,1-2H3/b14-13+. The Bertz CT molecular complexity index is 1270. The summed E-state index contributed by atoms with van der Waals surface area (Å²) in [6, 6.07) is 36.7. The third-order valence-electron chi connectivity index (χ3n) is 6.27. The maximum Gasteiger partial charge on any atom is 0.0479 e. The lowest BCUT2D eigenvalue weighted by Crippen LogP contribution is -2.24. The van der Waals surface area contributed by atoms with Crippen molar-refractivity contribution in [3.63, 3.8) is 0 Å². The van der Waals surface area contributed by atoms with Gasteiger partial charge in [-0.3, -0.25) is 0 Å². The smallest absolute Gasteiger partial charge is 0.0479 e. The van der Waals surface area contributed by atoms with Gasteiger partial charge in [-0.25, -0.2) is 0 Å². The molecule has 0 amide bonds. The Morgan fingerprint density at radius 1 is 0.667 bits per heavy atom. The molecule has 0 unspecified atom stereocenters. The van der Waals surface area contributed by atoms with Gasteiger partial charge in [0.25, 0.3) is 0 Å². The molecule has 5 heteroatoms. The van der Waals surface area contributed by atoms with Crippen LogP contribution < -0.4 is 15.5 Å². The average Bonchev–Trinajstić information content (AvgIpc) is 2.98. The van der Waals surface area contributed by atoms with Crippen LogP contribution in [0.5, 0.6) is 0 Å². The topological polar surface area (TPSA) is 27.3 Å². The lowest BCUT2D eigenvalue weighted by atomic mass is 10.1. The molecule has 0 saturated heterocycles. The summed E-state index contributed by atoms with van der Waals surface area (Å²) in [4.78, 5) is 3.40. The molecule has 202 valence electrons. The van der Waals surface area contributed by atoms with Gasteiger partial charge in [-0.05, 0) is 46.5 Å². The van der Waals surface area contributed by atoms with E-state index in [0.717, 1.165) is 36.9 Å². The zero-order valence-corrected chi connectivity index (χ0v) is 24.6. The molecule has 0 fully saturated rings. The van der Waals surface area contributed by atoms with Crippen molar-refractivity contribution in [1.82, 2.24) is 5.32 Å². The Labute approximate surface area is 243 Å². The minimum atomic E-state index is 0.898. The van der Waals surface area contributed by atoms with Crippen molar-refractivity contribution in [2.45, 2.75) is 16.4 Å². The SMILES string of the molecule is CN(C)c1ccc(/C=C/c2ccc(NCCNCCSCc3ccccc3)c(SCc3ccccc3)c2)cc1. The zero-order chi connectivity index (χ0) is 27.1. The molecule has 0 saturated carbocycles. The van der Waals surface area contributed by atoms with Crippen LogP contribution in [0, 0.1) is 0 Å². The molecular weight excluding hydrogens is 515 g/mol.